The van der Waals surface area contributed by atoms with Crippen molar-refractivity contribution in [3.8, 4) is 0 Å². The predicted molar refractivity (Wildman–Crippen MR) is 222 cm³/mol. The molecule has 2 heterocycles. The van der Waals surface area contributed by atoms with Crippen LogP contribution in [0.1, 0.15) is 157 Å². The molecule has 0 aromatic rings. The van der Waals surface area contributed by atoms with Crippen molar-refractivity contribution in [2.75, 3.05) is 26.4 Å². The number of aliphatic carboxylic acids is 2. The SMILES string of the molecule is CC1CCC2(C)C(COC(=O)CCC(=O)O)=CCCC2C1(C)CCC1COC(OC2CC(CCC3(C)C(C)CCC4(C)C(COC(=O)CCC(=O)O)=CCCC43)CO2)C1. The minimum absolute atomic E-state index is 0.0363. The van der Waals surface area contributed by atoms with Crippen LogP contribution in [0.2, 0.25) is 0 Å². The van der Waals surface area contributed by atoms with Gasteiger partial charge in [0.1, 0.15) is 13.2 Å². The Bertz CT molecular complexity index is 1470. The van der Waals surface area contributed by atoms with Crippen LogP contribution in [0, 0.1) is 57.2 Å². The lowest BCUT2D eigenvalue weighted by Gasteiger charge is -2.58. The summed E-state index contributed by atoms with van der Waals surface area (Å²) < 4.78 is 30.2. The first-order valence-corrected chi connectivity index (χ1v) is 23.0. The number of carboxylic acids is 2. The van der Waals surface area contributed by atoms with Crippen molar-refractivity contribution < 1.29 is 53.1 Å². The van der Waals surface area contributed by atoms with Gasteiger partial charge >= 0.3 is 23.9 Å². The van der Waals surface area contributed by atoms with Crippen LogP contribution in [0.3, 0.4) is 0 Å². The Balaban J connectivity index is 0.958. The van der Waals surface area contributed by atoms with Gasteiger partial charge in [-0.3, -0.25) is 19.2 Å². The Labute approximate surface area is 352 Å². The molecule has 6 aliphatic rings. The van der Waals surface area contributed by atoms with E-state index in [1.807, 2.05) is 0 Å². The molecule has 0 aromatic carbocycles. The fourth-order valence-electron chi connectivity index (χ4n) is 12.8. The van der Waals surface area contributed by atoms with Crippen molar-refractivity contribution >= 4 is 23.9 Å². The second-order valence-corrected chi connectivity index (χ2v) is 20.5. The minimum Gasteiger partial charge on any atom is -0.481 e. The fourth-order valence-corrected chi connectivity index (χ4v) is 12.8. The van der Waals surface area contributed by atoms with Crippen molar-refractivity contribution in [1.29, 1.82) is 0 Å². The zero-order valence-corrected chi connectivity index (χ0v) is 36.9. The monoisotopic (exact) mass is 827 g/mol. The summed E-state index contributed by atoms with van der Waals surface area (Å²) in [4.78, 5) is 46.5. The molecule has 11 nitrogen and oxygen atoms in total. The molecule has 2 aliphatic heterocycles. The minimum atomic E-state index is -0.987. The number of carbonyl (C=O) groups excluding carboxylic acids is 2. The highest BCUT2D eigenvalue weighted by atomic mass is 16.8. The normalized spacial score (nSPS) is 39.4. The van der Waals surface area contributed by atoms with E-state index in [-0.39, 0.29) is 73.1 Å². The van der Waals surface area contributed by atoms with Crippen LogP contribution in [0.25, 0.3) is 0 Å². The van der Waals surface area contributed by atoms with Gasteiger partial charge in [-0.05, 0) is 145 Å². The number of carboxylic acid groups (broad SMARTS) is 2. The summed E-state index contributed by atoms with van der Waals surface area (Å²) in [7, 11) is 0. The fraction of sp³-hybridized carbons (Fsp3) is 0.833. The summed E-state index contributed by atoms with van der Waals surface area (Å²) in [6, 6.07) is 0. The van der Waals surface area contributed by atoms with Gasteiger partial charge in [-0.25, -0.2) is 0 Å². The highest BCUT2D eigenvalue weighted by Crippen LogP contribution is 2.63. The van der Waals surface area contributed by atoms with E-state index in [2.05, 4.69) is 53.7 Å². The Morgan fingerprint density at radius 3 is 1.44 bits per heavy atom. The number of fused-ring (bicyclic) bond motifs is 2. The summed E-state index contributed by atoms with van der Waals surface area (Å²) in [5.41, 5.74) is 2.64. The van der Waals surface area contributed by atoms with E-state index in [1.54, 1.807) is 0 Å². The highest BCUT2D eigenvalue weighted by molar-refractivity contribution is 5.77. The van der Waals surface area contributed by atoms with Crippen LogP contribution in [-0.2, 0) is 42.9 Å². The Morgan fingerprint density at radius 2 is 1.05 bits per heavy atom. The third-order valence-electron chi connectivity index (χ3n) is 17.2. The Morgan fingerprint density at radius 1 is 0.644 bits per heavy atom. The smallest absolute Gasteiger partial charge is 0.306 e. The van der Waals surface area contributed by atoms with Gasteiger partial charge in [0.2, 0.25) is 0 Å². The summed E-state index contributed by atoms with van der Waals surface area (Å²) in [6.07, 6.45) is 18.3. The summed E-state index contributed by atoms with van der Waals surface area (Å²) in [5.74, 6) is 0.162. The van der Waals surface area contributed by atoms with Crippen LogP contribution in [-0.4, -0.2) is 73.1 Å². The average Bonchev–Trinajstić information content (AvgIpc) is 3.86. The zero-order valence-electron chi connectivity index (χ0n) is 36.9. The van der Waals surface area contributed by atoms with Crippen LogP contribution in [0.4, 0.5) is 0 Å². The first kappa shape index (κ1) is 45.8. The van der Waals surface area contributed by atoms with Gasteiger partial charge in [0, 0.05) is 12.8 Å². The van der Waals surface area contributed by atoms with Gasteiger partial charge in [0.15, 0.2) is 12.6 Å². The Kier molecular flexibility index (Phi) is 14.8. The second-order valence-electron chi connectivity index (χ2n) is 20.5. The van der Waals surface area contributed by atoms with Crippen LogP contribution in [0.5, 0.6) is 0 Å². The number of hydrogen-bond acceptors (Lipinski definition) is 9. The highest BCUT2D eigenvalue weighted by Gasteiger charge is 2.55. The molecular weight excluding hydrogens is 753 g/mol. The second kappa shape index (κ2) is 19.1. The van der Waals surface area contributed by atoms with E-state index >= 15 is 0 Å². The molecule has 2 N–H and O–H groups in total. The number of carbonyl (C=O) groups is 4. The van der Waals surface area contributed by atoms with Gasteiger partial charge < -0.3 is 33.9 Å². The molecule has 4 fully saturated rings. The number of rotatable bonds is 18. The van der Waals surface area contributed by atoms with E-state index in [1.165, 1.54) is 11.1 Å². The molecule has 332 valence electrons. The summed E-state index contributed by atoms with van der Waals surface area (Å²) in [5, 5.41) is 17.9. The molecular formula is C48H74O11. The molecule has 2 saturated heterocycles. The lowest BCUT2D eigenvalue weighted by molar-refractivity contribution is -0.213. The Hall–Kier alpha value is -2.76. The van der Waals surface area contributed by atoms with E-state index in [0.717, 1.165) is 89.9 Å². The topological polar surface area (TPSA) is 155 Å². The molecule has 0 spiro atoms. The maximum absolute atomic E-state index is 12.3. The van der Waals surface area contributed by atoms with Gasteiger partial charge in [-0.2, -0.15) is 0 Å². The predicted octanol–water partition coefficient (Wildman–Crippen LogP) is 9.66. The summed E-state index contributed by atoms with van der Waals surface area (Å²) in [6.45, 7) is 16.5. The maximum Gasteiger partial charge on any atom is 0.306 e. The van der Waals surface area contributed by atoms with E-state index in [0.29, 0.717) is 48.7 Å². The number of hydrogen-bond donors (Lipinski definition) is 2. The van der Waals surface area contributed by atoms with E-state index in [9.17, 15) is 19.2 Å². The van der Waals surface area contributed by atoms with Crippen LogP contribution >= 0.6 is 0 Å². The van der Waals surface area contributed by atoms with E-state index in [4.69, 9.17) is 33.9 Å². The molecule has 0 radical (unpaired) electrons. The zero-order chi connectivity index (χ0) is 42.6. The molecule has 2 saturated carbocycles. The lowest BCUT2D eigenvalue weighted by Crippen LogP contribution is -2.50. The molecule has 0 bridgehead atoms. The number of allylic oxidation sites excluding steroid dienone is 2. The molecule has 4 aliphatic carbocycles. The quantitative estimate of drug-likeness (QED) is 0.100. The van der Waals surface area contributed by atoms with Crippen molar-refractivity contribution in [2.24, 2.45) is 57.2 Å². The maximum atomic E-state index is 12.3. The first-order chi connectivity index (χ1) is 28.0. The number of esters is 2. The van der Waals surface area contributed by atoms with Gasteiger partial charge in [-0.15, -0.1) is 0 Å². The van der Waals surface area contributed by atoms with Crippen molar-refractivity contribution in [1.82, 2.24) is 0 Å². The van der Waals surface area contributed by atoms with Crippen molar-refractivity contribution in [2.45, 2.75) is 170 Å². The standard InChI is InChI=1S/C48H74O11/c1-31-17-21-47(5)35(29-55-41(53)15-13-39(49)50)9-7-11-37(47)45(31,3)23-19-33-25-43(57-27-33)59-44-26-34(28-58-44)20-24-46(4)32(2)18-22-48(6)36(10-8-12-38(46)48)30-56-42(54)16-14-40(51)52/h9-10,31-34,37-38,43-44H,7-8,11-30H2,1-6H3,(H,49,50)(H,51,52). The summed E-state index contributed by atoms with van der Waals surface area (Å²) >= 11 is 0. The molecule has 12 atom stereocenters. The van der Waals surface area contributed by atoms with Crippen molar-refractivity contribution in [3.05, 3.63) is 23.3 Å². The molecule has 12 unspecified atom stereocenters. The molecule has 59 heavy (non-hydrogen) atoms. The van der Waals surface area contributed by atoms with Gasteiger partial charge in [0.05, 0.1) is 38.9 Å². The van der Waals surface area contributed by atoms with Gasteiger partial charge in [-0.1, -0.05) is 53.7 Å². The average molecular weight is 827 g/mol. The molecule has 6 rings (SSSR count). The molecule has 0 aromatic heterocycles. The van der Waals surface area contributed by atoms with Gasteiger partial charge in [0.25, 0.3) is 0 Å². The van der Waals surface area contributed by atoms with Crippen LogP contribution in [0.15, 0.2) is 23.3 Å². The third kappa shape index (κ3) is 10.3. The van der Waals surface area contributed by atoms with Crippen molar-refractivity contribution in [3.63, 3.8) is 0 Å². The van der Waals surface area contributed by atoms with Crippen LogP contribution < -0.4 is 0 Å². The molecule has 0 amide bonds. The third-order valence-corrected chi connectivity index (χ3v) is 17.2. The number of ether oxygens (including phenoxy) is 5. The largest absolute Gasteiger partial charge is 0.481 e. The molecule has 11 heteroatoms. The lowest BCUT2D eigenvalue weighted by atomic mass is 9.46. The first-order valence-electron chi connectivity index (χ1n) is 23.0. The van der Waals surface area contributed by atoms with E-state index < -0.39 is 23.9 Å².